The lowest BCUT2D eigenvalue weighted by molar-refractivity contribution is 0.398. The van der Waals surface area contributed by atoms with Crippen LogP contribution in [0.5, 0.6) is 0 Å². The maximum Gasteiger partial charge on any atom is 0.114 e. The number of aryl methyl sites for hydroxylation is 2. The Labute approximate surface area is 570 Å². The molecule has 0 atom stereocenters. The minimum absolute atomic E-state index is 0.00418. The molecule has 3 aromatic heterocycles. The summed E-state index contributed by atoms with van der Waals surface area (Å²) in [7, 11) is 0. The zero-order valence-electron chi connectivity index (χ0n) is 56.9. The molecule has 93 heavy (non-hydrogen) atoms. The third-order valence-corrected chi connectivity index (χ3v) is 24.5. The van der Waals surface area contributed by atoms with Gasteiger partial charge in [0, 0.05) is 41.5 Å². The Kier molecular flexibility index (Phi) is 21.1. The van der Waals surface area contributed by atoms with Crippen molar-refractivity contribution >= 4 is 67.0 Å². The summed E-state index contributed by atoms with van der Waals surface area (Å²) in [6, 6.07) is 63.3. The van der Waals surface area contributed by atoms with E-state index in [1.807, 2.05) is 22.7 Å². The van der Waals surface area contributed by atoms with Gasteiger partial charge in [-0.2, -0.15) is 8.75 Å². The van der Waals surface area contributed by atoms with Gasteiger partial charge in [0.25, 0.3) is 0 Å². The van der Waals surface area contributed by atoms with E-state index in [9.17, 15) is 0 Å². The van der Waals surface area contributed by atoms with Gasteiger partial charge in [-0.3, -0.25) is 0 Å². The molecule has 5 heteroatoms. The van der Waals surface area contributed by atoms with Crippen LogP contribution in [0.15, 0.2) is 158 Å². The topological polar surface area (TPSA) is 25.8 Å². The van der Waals surface area contributed by atoms with E-state index >= 15 is 0 Å². The number of rotatable bonds is 33. The molecule has 480 valence electrons. The lowest BCUT2D eigenvalue weighted by Crippen LogP contribution is -2.25. The van der Waals surface area contributed by atoms with Gasteiger partial charge in [-0.1, -0.05) is 303 Å². The lowest BCUT2D eigenvalue weighted by Gasteiger charge is -2.34. The minimum atomic E-state index is -0.107. The summed E-state index contributed by atoms with van der Waals surface area (Å²) < 4.78 is 9.83. The van der Waals surface area contributed by atoms with E-state index in [1.54, 1.807) is 22.3 Å². The Hall–Kier alpha value is -6.50. The Morgan fingerprint density at radius 2 is 0.634 bits per heavy atom. The Balaban J connectivity index is 0.921. The van der Waals surface area contributed by atoms with Gasteiger partial charge in [0.15, 0.2) is 0 Å². The smallest absolute Gasteiger partial charge is 0.114 e. The summed E-state index contributed by atoms with van der Waals surface area (Å²) in [4.78, 5) is 5.13. The first-order chi connectivity index (χ1) is 45.8. The summed E-state index contributed by atoms with van der Waals surface area (Å²) in [5.74, 6) is 0. The molecule has 0 amide bonds. The van der Waals surface area contributed by atoms with Gasteiger partial charge >= 0.3 is 0 Å². The van der Waals surface area contributed by atoms with Crippen LogP contribution in [-0.2, 0) is 10.8 Å². The highest BCUT2D eigenvalue weighted by atomic mass is 32.1. The number of benzene rings is 8. The number of unbranched alkanes of at least 4 members (excludes halogenated alkanes) is 20. The predicted molar refractivity (Wildman–Crippen MR) is 409 cm³/mol. The molecule has 0 aliphatic heterocycles. The standard InChI is InChI=1S/C88H100N2S3/c1-7-11-15-19-23-31-53-87(54-32-24-20-16-12-8-2)76-57-61(5)39-44-66(76)68-46-42-64(59-78(68)87)83-70-35-27-29-37-72(70)84(73-38-30-28-36-71(73)83)65-43-47-69-67-45-41-63(58-77(67)88(79(69)60-65,55-33-25-21-17-13-9-3)56-34-26-22-18-14-10-4)80-51-52-82(92-80)75-49-48-74(81-50-40-62(6)91-81)85-86(75)90-93-89-85/h27-30,35-52,57-60H,7-26,31-34,53-56H2,1-6H3. The molecule has 0 N–H and O–H groups in total. The molecule has 2 nitrogen and oxygen atoms in total. The molecule has 13 rings (SSSR count). The Morgan fingerprint density at radius 1 is 0.301 bits per heavy atom. The van der Waals surface area contributed by atoms with Gasteiger partial charge in [-0.25, -0.2) is 0 Å². The fraction of sp³-hybridized carbons (Fsp3) is 0.409. The first-order valence-corrected chi connectivity index (χ1v) is 39.1. The van der Waals surface area contributed by atoms with Gasteiger partial charge in [0.1, 0.15) is 11.0 Å². The second-order valence-electron chi connectivity index (χ2n) is 28.1. The lowest BCUT2D eigenvalue weighted by atomic mass is 9.69. The van der Waals surface area contributed by atoms with Crippen molar-refractivity contribution in [2.24, 2.45) is 0 Å². The van der Waals surface area contributed by atoms with E-state index in [-0.39, 0.29) is 10.8 Å². The summed E-state index contributed by atoms with van der Waals surface area (Å²) in [6.07, 6.45) is 36.2. The van der Waals surface area contributed by atoms with Crippen molar-refractivity contribution in [3.8, 4) is 75.8 Å². The van der Waals surface area contributed by atoms with Crippen LogP contribution in [0.2, 0.25) is 0 Å². The van der Waals surface area contributed by atoms with Crippen molar-refractivity contribution in [3.63, 3.8) is 0 Å². The van der Waals surface area contributed by atoms with Crippen LogP contribution in [-0.4, -0.2) is 8.75 Å². The third-order valence-electron chi connectivity index (χ3n) is 21.8. The van der Waals surface area contributed by atoms with Gasteiger partial charge in [-0.15, -0.1) is 22.7 Å². The van der Waals surface area contributed by atoms with Gasteiger partial charge < -0.3 is 0 Å². The van der Waals surface area contributed by atoms with Crippen molar-refractivity contribution in [2.75, 3.05) is 0 Å². The average molecular weight is 1280 g/mol. The quantitative estimate of drug-likeness (QED) is 0.0303. The molecule has 0 bridgehead atoms. The van der Waals surface area contributed by atoms with Crippen LogP contribution in [0.3, 0.4) is 0 Å². The van der Waals surface area contributed by atoms with Gasteiger partial charge in [-0.05, 0) is 176 Å². The van der Waals surface area contributed by atoms with Crippen LogP contribution in [0.25, 0.3) is 108 Å². The monoisotopic (exact) mass is 1280 g/mol. The van der Waals surface area contributed by atoms with Crippen molar-refractivity contribution in [1.82, 2.24) is 8.75 Å². The van der Waals surface area contributed by atoms with E-state index in [4.69, 9.17) is 8.75 Å². The molecule has 0 saturated carbocycles. The van der Waals surface area contributed by atoms with E-state index in [0.717, 1.165) is 11.0 Å². The zero-order chi connectivity index (χ0) is 63.7. The van der Waals surface area contributed by atoms with E-state index < -0.39 is 0 Å². The van der Waals surface area contributed by atoms with E-state index in [0.29, 0.717) is 0 Å². The normalized spacial score (nSPS) is 13.6. The molecule has 0 saturated heterocycles. The maximum absolute atomic E-state index is 4.94. The summed E-state index contributed by atoms with van der Waals surface area (Å²) >= 11 is 5.07. The van der Waals surface area contributed by atoms with Crippen LogP contribution in [0.4, 0.5) is 0 Å². The van der Waals surface area contributed by atoms with Crippen LogP contribution in [0.1, 0.15) is 240 Å². The SMILES string of the molecule is CCCCCCCCC1(CCCCCCCC)c2cc(C)ccc2-c2ccc(-c3c4ccccc4c(-c4ccc5c(c4)C(CCCCCCCC)(CCCCCCCC)c4cc(-c6ccc(-c7ccc(-c8ccc(C)s8)c8nsnc78)s6)ccc4-5)c4ccccc34)cc21. The molecule has 0 spiro atoms. The zero-order valence-corrected chi connectivity index (χ0v) is 59.4. The van der Waals surface area contributed by atoms with Crippen molar-refractivity contribution in [1.29, 1.82) is 0 Å². The predicted octanol–water partition coefficient (Wildman–Crippen LogP) is 28.6. The third kappa shape index (κ3) is 13.2. The van der Waals surface area contributed by atoms with E-state index in [2.05, 4.69) is 199 Å². The number of hydrogen-bond donors (Lipinski definition) is 0. The van der Waals surface area contributed by atoms with Crippen LogP contribution in [0, 0.1) is 13.8 Å². The largest absolute Gasteiger partial charge is 0.172 e. The number of nitrogens with zero attached hydrogens (tertiary/aromatic N) is 2. The first-order valence-electron chi connectivity index (χ1n) is 36.7. The summed E-state index contributed by atoms with van der Waals surface area (Å²) in [6.45, 7) is 13.9. The van der Waals surface area contributed by atoms with Gasteiger partial charge in [0.2, 0.25) is 0 Å². The molecule has 3 heterocycles. The molecule has 0 unspecified atom stereocenters. The molecule has 11 aromatic rings. The van der Waals surface area contributed by atoms with Crippen LogP contribution >= 0.6 is 34.4 Å². The van der Waals surface area contributed by atoms with E-state index in [1.165, 1.54) is 299 Å². The first kappa shape index (κ1) is 65.2. The number of aromatic nitrogens is 2. The molecule has 2 aliphatic rings. The molecule has 2 aliphatic carbocycles. The Morgan fingerprint density at radius 3 is 1.04 bits per heavy atom. The fourth-order valence-corrected chi connectivity index (χ4v) is 19.5. The maximum atomic E-state index is 4.94. The van der Waals surface area contributed by atoms with Crippen molar-refractivity contribution in [2.45, 2.75) is 232 Å². The second-order valence-corrected chi connectivity index (χ2v) is 31.0. The highest BCUT2D eigenvalue weighted by Gasteiger charge is 2.44. The average Bonchev–Trinajstić information content (AvgIpc) is 1.64. The molecule has 0 radical (unpaired) electrons. The molecular formula is C88H100N2S3. The highest BCUT2D eigenvalue weighted by molar-refractivity contribution is 7.19. The minimum Gasteiger partial charge on any atom is -0.172 e. The number of hydrogen-bond acceptors (Lipinski definition) is 5. The molecular weight excluding hydrogens is 1180 g/mol. The summed E-state index contributed by atoms with van der Waals surface area (Å²) in [5, 5.41) is 5.40. The number of thiophene rings is 2. The van der Waals surface area contributed by atoms with Crippen LogP contribution < -0.4 is 0 Å². The Bertz CT molecular complexity index is 4260. The molecule has 8 aromatic carbocycles. The second kappa shape index (κ2) is 30.1. The fourth-order valence-electron chi connectivity index (χ4n) is 17.0. The molecule has 0 fully saturated rings. The number of fused-ring (bicyclic) bond motifs is 9. The van der Waals surface area contributed by atoms with Crippen molar-refractivity contribution < 1.29 is 0 Å². The highest BCUT2D eigenvalue weighted by Crippen LogP contribution is 2.59. The van der Waals surface area contributed by atoms with Gasteiger partial charge in [0.05, 0.1) is 11.7 Å². The summed E-state index contributed by atoms with van der Waals surface area (Å²) in [5.41, 5.74) is 24.5. The van der Waals surface area contributed by atoms with Crippen molar-refractivity contribution in [3.05, 3.63) is 190 Å².